The molecule has 1 aromatic carbocycles. The number of aryl methyl sites for hydroxylation is 1. The molecule has 0 radical (unpaired) electrons. The van der Waals surface area contributed by atoms with Crippen LogP contribution in [-0.2, 0) is 23.6 Å². The molecule has 1 heterocycles. The van der Waals surface area contributed by atoms with E-state index in [1.807, 2.05) is 0 Å². The van der Waals surface area contributed by atoms with Gasteiger partial charge >= 0.3 is 5.69 Å². The second-order valence-corrected chi connectivity index (χ2v) is 5.82. The molecule has 0 bridgehead atoms. The number of benzene rings is 1. The Morgan fingerprint density at radius 3 is 2.71 bits per heavy atom. The number of nitrogens with zero attached hydrogens (tertiary/aromatic N) is 4. The van der Waals surface area contributed by atoms with Gasteiger partial charge in [0.1, 0.15) is 12.2 Å². The number of nitro groups is 1. The average molecular weight is 315 g/mol. The SMILES string of the molecule is Cn1cnnc1CNS(=O)(=O)c1ccc([N+](=O)[O-])c(F)c1. The summed E-state index contributed by atoms with van der Waals surface area (Å²) < 4.78 is 41.1. The van der Waals surface area contributed by atoms with E-state index in [0.29, 0.717) is 11.9 Å². The van der Waals surface area contributed by atoms with Gasteiger partial charge in [-0.25, -0.2) is 13.1 Å². The van der Waals surface area contributed by atoms with Gasteiger partial charge in [0.25, 0.3) is 0 Å². The van der Waals surface area contributed by atoms with E-state index >= 15 is 0 Å². The Kier molecular flexibility index (Phi) is 3.95. The molecule has 11 heteroatoms. The second-order valence-electron chi connectivity index (χ2n) is 4.05. The van der Waals surface area contributed by atoms with Gasteiger partial charge in [0.2, 0.25) is 15.8 Å². The minimum atomic E-state index is -4.01. The lowest BCUT2D eigenvalue weighted by Gasteiger charge is -2.06. The molecular weight excluding hydrogens is 305 g/mol. The lowest BCUT2D eigenvalue weighted by molar-refractivity contribution is -0.387. The van der Waals surface area contributed by atoms with Crippen LogP contribution in [0.2, 0.25) is 0 Å². The Morgan fingerprint density at radius 1 is 1.48 bits per heavy atom. The van der Waals surface area contributed by atoms with Crippen LogP contribution in [0.5, 0.6) is 0 Å². The maximum absolute atomic E-state index is 13.4. The molecule has 1 N–H and O–H groups in total. The summed E-state index contributed by atoms with van der Waals surface area (Å²) in [7, 11) is -2.38. The van der Waals surface area contributed by atoms with Crippen LogP contribution in [0.1, 0.15) is 5.82 Å². The van der Waals surface area contributed by atoms with Crippen LogP contribution in [0.4, 0.5) is 10.1 Å². The standard InChI is InChI=1S/C10H10FN5O4S/c1-15-6-12-14-10(15)5-13-21(19,20)7-2-3-9(16(17)18)8(11)4-7/h2-4,6,13H,5H2,1H3. The lowest BCUT2D eigenvalue weighted by atomic mass is 10.3. The topological polar surface area (TPSA) is 120 Å². The molecule has 21 heavy (non-hydrogen) atoms. The zero-order chi connectivity index (χ0) is 15.6. The van der Waals surface area contributed by atoms with Crippen LogP contribution in [0, 0.1) is 15.9 Å². The molecule has 0 spiro atoms. The van der Waals surface area contributed by atoms with Crippen LogP contribution >= 0.6 is 0 Å². The first-order valence-corrected chi connectivity index (χ1v) is 7.06. The molecule has 1 aromatic heterocycles. The zero-order valence-corrected chi connectivity index (χ0v) is 11.5. The Bertz CT molecular complexity index is 788. The predicted molar refractivity (Wildman–Crippen MR) is 68.1 cm³/mol. The molecule has 112 valence electrons. The van der Waals surface area contributed by atoms with Gasteiger partial charge in [-0.1, -0.05) is 0 Å². The Labute approximate surface area is 118 Å². The average Bonchev–Trinajstić information content (AvgIpc) is 2.81. The summed E-state index contributed by atoms with van der Waals surface area (Å²) in [5.41, 5.74) is -0.790. The normalized spacial score (nSPS) is 11.5. The van der Waals surface area contributed by atoms with E-state index in [9.17, 15) is 22.9 Å². The third-order valence-electron chi connectivity index (χ3n) is 2.65. The van der Waals surface area contributed by atoms with E-state index in [2.05, 4.69) is 14.9 Å². The predicted octanol–water partition coefficient (Wildman–Crippen LogP) is 0.341. The maximum Gasteiger partial charge on any atom is 0.304 e. The third-order valence-corrected chi connectivity index (χ3v) is 4.05. The van der Waals surface area contributed by atoms with Crippen molar-refractivity contribution in [2.24, 2.45) is 7.05 Å². The van der Waals surface area contributed by atoms with Gasteiger partial charge in [0.05, 0.1) is 16.4 Å². The Morgan fingerprint density at radius 2 is 2.19 bits per heavy atom. The molecule has 0 aliphatic carbocycles. The summed E-state index contributed by atoms with van der Waals surface area (Å²) in [5.74, 6) is -0.859. The van der Waals surface area contributed by atoms with E-state index in [1.54, 1.807) is 7.05 Å². The molecule has 0 saturated heterocycles. The van der Waals surface area contributed by atoms with E-state index in [0.717, 1.165) is 12.1 Å². The molecule has 0 atom stereocenters. The maximum atomic E-state index is 13.4. The second kappa shape index (κ2) is 5.54. The van der Waals surface area contributed by atoms with Crippen molar-refractivity contribution in [2.45, 2.75) is 11.4 Å². The highest BCUT2D eigenvalue weighted by molar-refractivity contribution is 7.89. The first-order chi connectivity index (χ1) is 9.81. The number of rotatable bonds is 5. The fourth-order valence-electron chi connectivity index (χ4n) is 1.51. The van der Waals surface area contributed by atoms with Crippen LogP contribution < -0.4 is 4.72 Å². The number of hydrogen-bond acceptors (Lipinski definition) is 6. The summed E-state index contributed by atoms with van der Waals surface area (Å²) >= 11 is 0. The van der Waals surface area contributed by atoms with Crippen molar-refractivity contribution in [3.63, 3.8) is 0 Å². The molecular formula is C10H10FN5O4S. The number of hydrogen-bond donors (Lipinski definition) is 1. The minimum Gasteiger partial charge on any atom is -0.320 e. The smallest absolute Gasteiger partial charge is 0.304 e. The van der Waals surface area contributed by atoms with Crippen LogP contribution in [0.3, 0.4) is 0 Å². The Balaban J connectivity index is 2.22. The highest BCUT2D eigenvalue weighted by Crippen LogP contribution is 2.20. The monoisotopic (exact) mass is 315 g/mol. The highest BCUT2D eigenvalue weighted by atomic mass is 32.2. The van der Waals surface area contributed by atoms with Crippen LogP contribution in [-0.4, -0.2) is 28.1 Å². The van der Waals surface area contributed by atoms with Crippen molar-refractivity contribution in [1.29, 1.82) is 0 Å². The number of sulfonamides is 1. The van der Waals surface area contributed by atoms with Gasteiger partial charge in [-0.15, -0.1) is 10.2 Å². The quantitative estimate of drug-likeness (QED) is 0.627. The van der Waals surface area contributed by atoms with Gasteiger partial charge in [-0.05, 0) is 6.07 Å². The van der Waals surface area contributed by atoms with Crippen molar-refractivity contribution >= 4 is 15.7 Å². The van der Waals surface area contributed by atoms with E-state index in [4.69, 9.17) is 0 Å². The summed E-state index contributed by atoms with van der Waals surface area (Å²) in [6.45, 7) is -0.141. The molecule has 0 saturated carbocycles. The summed E-state index contributed by atoms with van der Waals surface area (Å²) in [6, 6.07) is 2.35. The van der Waals surface area contributed by atoms with Crippen molar-refractivity contribution in [3.8, 4) is 0 Å². The molecule has 0 aliphatic rings. The third kappa shape index (κ3) is 3.20. The van der Waals surface area contributed by atoms with E-state index in [1.165, 1.54) is 10.9 Å². The molecule has 2 aromatic rings. The molecule has 0 amide bonds. The number of nitrogens with one attached hydrogen (secondary N) is 1. The van der Waals surface area contributed by atoms with Crippen LogP contribution in [0.25, 0.3) is 0 Å². The summed E-state index contributed by atoms with van der Waals surface area (Å²) in [6.07, 6.45) is 1.40. The minimum absolute atomic E-state index is 0.141. The van der Waals surface area contributed by atoms with E-state index < -0.39 is 31.3 Å². The van der Waals surface area contributed by atoms with Crippen molar-refractivity contribution in [1.82, 2.24) is 19.5 Å². The largest absolute Gasteiger partial charge is 0.320 e. The van der Waals surface area contributed by atoms with Crippen LogP contribution in [0.15, 0.2) is 29.4 Å². The van der Waals surface area contributed by atoms with Gasteiger partial charge < -0.3 is 4.57 Å². The Hall–Kier alpha value is -2.40. The fraction of sp³-hybridized carbons (Fsp3) is 0.200. The highest BCUT2D eigenvalue weighted by Gasteiger charge is 2.20. The summed E-state index contributed by atoms with van der Waals surface area (Å²) in [4.78, 5) is 9.14. The zero-order valence-electron chi connectivity index (χ0n) is 10.7. The summed E-state index contributed by atoms with van der Waals surface area (Å²) in [5, 5.41) is 17.8. The lowest BCUT2D eigenvalue weighted by Crippen LogP contribution is -2.24. The van der Waals surface area contributed by atoms with Crippen molar-refractivity contribution in [2.75, 3.05) is 0 Å². The molecule has 0 unspecified atom stereocenters. The van der Waals surface area contributed by atoms with Gasteiger partial charge in [0.15, 0.2) is 0 Å². The molecule has 2 rings (SSSR count). The number of nitro benzene ring substituents is 1. The fourth-order valence-corrected chi connectivity index (χ4v) is 2.50. The number of halogens is 1. The molecule has 0 aliphatic heterocycles. The first kappa shape index (κ1) is 15.0. The van der Waals surface area contributed by atoms with Crippen molar-refractivity contribution < 1.29 is 17.7 Å². The van der Waals surface area contributed by atoms with E-state index in [-0.39, 0.29) is 6.54 Å². The molecule has 9 nitrogen and oxygen atoms in total. The van der Waals surface area contributed by atoms with Gasteiger partial charge in [-0.3, -0.25) is 10.1 Å². The van der Waals surface area contributed by atoms with Gasteiger partial charge in [-0.2, -0.15) is 4.39 Å². The number of aromatic nitrogens is 3. The first-order valence-electron chi connectivity index (χ1n) is 5.58. The molecule has 0 fully saturated rings. The van der Waals surface area contributed by atoms with Gasteiger partial charge in [0, 0.05) is 19.2 Å². The van der Waals surface area contributed by atoms with Crippen molar-refractivity contribution in [3.05, 3.63) is 46.3 Å².